The van der Waals surface area contributed by atoms with Crippen molar-refractivity contribution in [2.24, 2.45) is 0 Å². The third-order valence-corrected chi connectivity index (χ3v) is 4.50. The maximum atomic E-state index is 12.4. The molecule has 0 saturated heterocycles. The second-order valence-electron chi connectivity index (χ2n) is 5.87. The Kier molecular flexibility index (Phi) is 4.42. The van der Waals surface area contributed by atoms with Crippen LogP contribution in [0.2, 0.25) is 5.02 Å². The van der Waals surface area contributed by atoms with Crippen LogP contribution in [0.15, 0.2) is 79.0 Å². The van der Waals surface area contributed by atoms with Crippen LogP contribution >= 0.6 is 11.6 Å². The molecule has 0 atom stereocenters. The molecule has 1 N–H and O–H groups in total. The number of hydrogen-bond donors (Lipinski definition) is 1. The molecule has 2 aromatic carbocycles. The lowest BCUT2D eigenvalue weighted by Gasteiger charge is -2.08. The van der Waals surface area contributed by atoms with E-state index in [9.17, 15) is 4.79 Å². The summed E-state index contributed by atoms with van der Waals surface area (Å²) >= 11 is 6.32. The van der Waals surface area contributed by atoms with Crippen LogP contribution in [0.1, 0.15) is 16.1 Å². The Labute approximate surface area is 156 Å². The summed E-state index contributed by atoms with van der Waals surface area (Å²) in [5.74, 6) is -0.124. The Morgan fingerprint density at radius 3 is 2.38 bits per heavy atom. The zero-order chi connectivity index (χ0) is 17.9. The minimum absolute atomic E-state index is 0.124. The number of halogens is 1. The molecule has 5 heteroatoms. The van der Waals surface area contributed by atoms with Gasteiger partial charge in [-0.3, -0.25) is 4.79 Å². The Morgan fingerprint density at radius 1 is 0.962 bits per heavy atom. The minimum atomic E-state index is -0.124. The topological polar surface area (TPSA) is 46.4 Å². The standard InChI is InChI=1S/C21H16ClN3O/c22-17-12-7-13-25-18(14-23-21(26)16-10-5-2-6-11-16)19(24-20(17)25)15-8-3-1-4-9-15/h1-13H,14H2,(H,23,26). The molecule has 4 aromatic rings. The van der Waals surface area contributed by atoms with Gasteiger partial charge in [0.25, 0.3) is 5.91 Å². The van der Waals surface area contributed by atoms with Crippen molar-refractivity contribution in [2.45, 2.75) is 6.54 Å². The van der Waals surface area contributed by atoms with E-state index >= 15 is 0 Å². The molecule has 0 aliphatic rings. The van der Waals surface area contributed by atoms with Crippen LogP contribution in [0.25, 0.3) is 16.9 Å². The first-order valence-electron chi connectivity index (χ1n) is 8.28. The molecule has 0 bridgehead atoms. The molecular formula is C21H16ClN3O. The fraction of sp³-hybridized carbons (Fsp3) is 0.0476. The summed E-state index contributed by atoms with van der Waals surface area (Å²) in [4.78, 5) is 17.1. The van der Waals surface area contributed by atoms with Crippen molar-refractivity contribution in [1.82, 2.24) is 14.7 Å². The lowest BCUT2D eigenvalue weighted by Crippen LogP contribution is -2.23. The van der Waals surface area contributed by atoms with Gasteiger partial charge in [-0.1, -0.05) is 60.1 Å². The normalized spacial score (nSPS) is 10.8. The van der Waals surface area contributed by atoms with Gasteiger partial charge in [0.05, 0.1) is 23.0 Å². The second kappa shape index (κ2) is 7.02. The molecule has 1 amide bonds. The fourth-order valence-corrected chi connectivity index (χ4v) is 3.14. The second-order valence-corrected chi connectivity index (χ2v) is 6.28. The fourth-order valence-electron chi connectivity index (χ4n) is 2.94. The number of pyridine rings is 1. The van der Waals surface area contributed by atoms with Gasteiger partial charge in [-0.05, 0) is 24.3 Å². The van der Waals surface area contributed by atoms with Gasteiger partial charge in [0.2, 0.25) is 0 Å². The maximum absolute atomic E-state index is 12.4. The number of benzene rings is 2. The first-order chi connectivity index (χ1) is 12.7. The number of imidazole rings is 1. The highest BCUT2D eigenvalue weighted by atomic mass is 35.5. The number of carbonyl (C=O) groups excluding carboxylic acids is 1. The average molecular weight is 362 g/mol. The summed E-state index contributed by atoms with van der Waals surface area (Å²) in [5.41, 5.74) is 3.99. The van der Waals surface area contributed by atoms with E-state index in [1.165, 1.54) is 0 Å². The molecule has 0 aliphatic heterocycles. The predicted octanol–water partition coefficient (Wildman–Crippen LogP) is 4.58. The molecule has 128 valence electrons. The SMILES string of the molecule is O=C(NCc1c(-c2ccccc2)nc2c(Cl)cccn12)c1ccccc1. The molecule has 4 nitrogen and oxygen atoms in total. The lowest BCUT2D eigenvalue weighted by atomic mass is 10.1. The van der Waals surface area contributed by atoms with Crippen LogP contribution in [-0.4, -0.2) is 15.3 Å². The lowest BCUT2D eigenvalue weighted by molar-refractivity contribution is 0.0950. The number of aromatic nitrogens is 2. The maximum Gasteiger partial charge on any atom is 0.251 e. The van der Waals surface area contributed by atoms with Crippen molar-refractivity contribution in [3.8, 4) is 11.3 Å². The monoisotopic (exact) mass is 361 g/mol. The van der Waals surface area contributed by atoms with E-state index in [0.717, 1.165) is 17.0 Å². The van der Waals surface area contributed by atoms with E-state index < -0.39 is 0 Å². The van der Waals surface area contributed by atoms with E-state index in [0.29, 0.717) is 22.8 Å². The highest BCUT2D eigenvalue weighted by molar-refractivity contribution is 6.33. The third-order valence-electron chi connectivity index (χ3n) is 4.20. The van der Waals surface area contributed by atoms with E-state index in [1.807, 2.05) is 71.3 Å². The van der Waals surface area contributed by atoms with Crippen molar-refractivity contribution in [1.29, 1.82) is 0 Å². The molecule has 2 aromatic heterocycles. The van der Waals surface area contributed by atoms with Crippen LogP contribution in [0.3, 0.4) is 0 Å². The molecular weight excluding hydrogens is 346 g/mol. The van der Waals surface area contributed by atoms with Gasteiger partial charge in [-0.2, -0.15) is 0 Å². The molecule has 0 radical (unpaired) electrons. The van der Waals surface area contributed by atoms with Gasteiger partial charge in [-0.15, -0.1) is 0 Å². The zero-order valence-corrected chi connectivity index (χ0v) is 14.6. The van der Waals surface area contributed by atoms with Crippen LogP contribution < -0.4 is 5.32 Å². The average Bonchev–Trinajstić information content (AvgIpc) is 3.07. The quantitative estimate of drug-likeness (QED) is 0.578. The van der Waals surface area contributed by atoms with Gasteiger partial charge in [0.15, 0.2) is 5.65 Å². The molecule has 0 unspecified atom stereocenters. The Balaban J connectivity index is 1.73. The van der Waals surface area contributed by atoms with E-state index in [1.54, 1.807) is 12.1 Å². The third kappa shape index (κ3) is 3.07. The zero-order valence-electron chi connectivity index (χ0n) is 13.9. The van der Waals surface area contributed by atoms with E-state index in [-0.39, 0.29) is 5.91 Å². The smallest absolute Gasteiger partial charge is 0.251 e. The Bertz CT molecular complexity index is 1060. The number of rotatable bonds is 4. The minimum Gasteiger partial charge on any atom is -0.346 e. The number of carbonyl (C=O) groups is 1. The van der Waals surface area contributed by atoms with Crippen molar-refractivity contribution in [3.05, 3.63) is 95.3 Å². The Morgan fingerprint density at radius 2 is 1.65 bits per heavy atom. The van der Waals surface area contributed by atoms with Gasteiger partial charge < -0.3 is 9.72 Å². The van der Waals surface area contributed by atoms with Crippen LogP contribution in [0.4, 0.5) is 0 Å². The first kappa shape index (κ1) is 16.4. The molecule has 4 rings (SSSR count). The number of fused-ring (bicyclic) bond motifs is 1. The molecule has 0 fully saturated rings. The molecule has 26 heavy (non-hydrogen) atoms. The van der Waals surface area contributed by atoms with E-state index in [2.05, 4.69) is 5.32 Å². The van der Waals surface area contributed by atoms with Crippen molar-refractivity contribution >= 4 is 23.2 Å². The van der Waals surface area contributed by atoms with Crippen molar-refractivity contribution in [2.75, 3.05) is 0 Å². The summed E-state index contributed by atoms with van der Waals surface area (Å²) in [6, 6.07) is 22.7. The van der Waals surface area contributed by atoms with Gasteiger partial charge in [0.1, 0.15) is 0 Å². The van der Waals surface area contributed by atoms with Gasteiger partial charge in [-0.25, -0.2) is 4.98 Å². The number of hydrogen-bond acceptors (Lipinski definition) is 2. The van der Waals surface area contributed by atoms with Crippen molar-refractivity contribution in [3.63, 3.8) is 0 Å². The number of amides is 1. The highest BCUT2D eigenvalue weighted by Gasteiger charge is 2.16. The first-order valence-corrected chi connectivity index (χ1v) is 8.66. The predicted molar refractivity (Wildman–Crippen MR) is 103 cm³/mol. The van der Waals surface area contributed by atoms with Crippen molar-refractivity contribution < 1.29 is 4.79 Å². The molecule has 2 heterocycles. The van der Waals surface area contributed by atoms with E-state index in [4.69, 9.17) is 16.6 Å². The van der Waals surface area contributed by atoms with Crippen LogP contribution in [-0.2, 0) is 6.54 Å². The summed E-state index contributed by atoms with van der Waals surface area (Å²) in [6.07, 6.45) is 1.91. The summed E-state index contributed by atoms with van der Waals surface area (Å²) in [7, 11) is 0. The molecule has 0 saturated carbocycles. The number of nitrogens with one attached hydrogen (secondary N) is 1. The van der Waals surface area contributed by atoms with Gasteiger partial charge >= 0.3 is 0 Å². The van der Waals surface area contributed by atoms with Crippen LogP contribution in [0.5, 0.6) is 0 Å². The van der Waals surface area contributed by atoms with Gasteiger partial charge in [0, 0.05) is 17.3 Å². The summed E-state index contributed by atoms with van der Waals surface area (Å²) in [5, 5.41) is 3.55. The number of nitrogens with zero attached hydrogens (tertiary/aromatic N) is 2. The largest absolute Gasteiger partial charge is 0.346 e. The van der Waals surface area contributed by atoms with Crippen LogP contribution in [0, 0.1) is 0 Å². The molecule has 0 aliphatic carbocycles. The summed E-state index contributed by atoms with van der Waals surface area (Å²) < 4.78 is 1.93. The summed E-state index contributed by atoms with van der Waals surface area (Å²) in [6.45, 7) is 0.347. The molecule has 0 spiro atoms. The Hall–Kier alpha value is -3.11. The highest BCUT2D eigenvalue weighted by Crippen LogP contribution is 2.27.